The number of nitrogen functional groups attached to an aromatic ring is 1. The summed E-state index contributed by atoms with van der Waals surface area (Å²) in [7, 11) is -3.93. The van der Waals surface area contributed by atoms with Gasteiger partial charge >= 0.3 is 0 Å². The van der Waals surface area contributed by atoms with Gasteiger partial charge in [-0.1, -0.05) is 11.6 Å². The lowest BCUT2D eigenvalue weighted by Gasteiger charge is -2.08. The Morgan fingerprint density at radius 1 is 1.33 bits per heavy atom. The summed E-state index contributed by atoms with van der Waals surface area (Å²) in [6.45, 7) is 0. The van der Waals surface area contributed by atoms with Gasteiger partial charge in [0.15, 0.2) is 0 Å². The van der Waals surface area contributed by atoms with E-state index in [1.54, 1.807) is 0 Å². The van der Waals surface area contributed by atoms with Crippen LogP contribution in [0.1, 0.15) is 0 Å². The maximum Gasteiger partial charge on any atom is 0.239 e. The van der Waals surface area contributed by atoms with E-state index in [1.165, 1.54) is 23.1 Å². The molecule has 0 aliphatic heterocycles. The molecule has 0 bridgehead atoms. The summed E-state index contributed by atoms with van der Waals surface area (Å²) in [5.41, 5.74) is 6.20. The number of rotatable bonds is 2. The molecule has 0 aliphatic carbocycles. The van der Waals surface area contributed by atoms with E-state index >= 15 is 0 Å². The van der Waals surface area contributed by atoms with Crippen LogP contribution in [-0.2, 0) is 10.0 Å². The second kappa shape index (κ2) is 4.86. The van der Waals surface area contributed by atoms with Crippen LogP contribution < -0.4 is 17.0 Å². The van der Waals surface area contributed by atoms with E-state index in [9.17, 15) is 8.42 Å². The number of sulfonamides is 1. The molecule has 1 heterocycles. The average molecular weight is 292 g/mol. The van der Waals surface area contributed by atoms with Crippen molar-refractivity contribution in [2.75, 3.05) is 5.73 Å². The lowest BCUT2D eigenvalue weighted by molar-refractivity contribution is 0.597. The third-order valence-corrected chi connectivity index (χ3v) is 3.36. The van der Waals surface area contributed by atoms with Crippen LogP contribution in [0.4, 0.5) is 5.69 Å². The van der Waals surface area contributed by atoms with Gasteiger partial charge < -0.3 is 11.9 Å². The van der Waals surface area contributed by atoms with Crippen LogP contribution >= 0.6 is 11.6 Å². The smallest absolute Gasteiger partial charge is 0.239 e. The van der Waals surface area contributed by atoms with Crippen LogP contribution in [0.2, 0.25) is 5.02 Å². The monoisotopic (exact) mass is 291 g/mol. The largest absolute Gasteiger partial charge is 0.397 e. The van der Waals surface area contributed by atoms with Crippen LogP contribution in [0.15, 0.2) is 23.4 Å². The topological polar surface area (TPSA) is 165 Å². The standard InChI is InChI=1S/C7H7ClN6O2S.H3N/c8-4-1-5(9)6(14-3-11-12-13-14)2-7(4)17(10,15)16;/h1-3H,9H2,(H2,10,15,16);1H3. The summed E-state index contributed by atoms with van der Waals surface area (Å²) >= 11 is 5.75. The highest BCUT2D eigenvalue weighted by Gasteiger charge is 2.17. The van der Waals surface area contributed by atoms with Gasteiger partial charge in [-0.15, -0.1) is 5.10 Å². The van der Waals surface area contributed by atoms with Gasteiger partial charge in [-0.2, -0.15) is 4.68 Å². The van der Waals surface area contributed by atoms with Crippen LogP contribution in [0.3, 0.4) is 0 Å². The minimum Gasteiger partial charge on any atom is -0.397 e. The van der Waals surface area contributed by atoms with Crippen molar-refractivity contribution in [2.45, 2.75) is 4.90 Å². The van der Waals surface area contributed by atoms with Crippen LogP contribution in [-0.4, -0.2) is 28.6 Å². The summed E-state index contributed by atoms with van der Waals surface area (Å²) in [4.78, 5) is -0.237. The molecule has 2 rings (SSSR count). The molecule has 0 saturated heterocycles. The van der Waals surface area contributed by atoms with E-state index in [4.69, 9.17) is 22.5 Å². The van der Waals surface area contributed by atoms with E-state index in [2.05, 4.69) is 15.5 Å². The molecule has 1 aromatic carbocycles. The number of hydrogen-bond acceptors (Lipinski definition) is 7. The fourth-order valence-electron chi connectivity index (χ4n) is 1.25. The van der Waals surface area contributed by atoms with Gasteiger partial charge in [0.05, 0.1) is 16.4 Å². The molecule has 2 aromatic rings. The van der Waals surface area contributed by atoms with Crippen molar-refractivity contribution in [3.8, 4) is 5.69 Å². The number of benzene rings is 1. The van der Waals surface area contributed by atoms with Gasteiger partial charge in [-0.25, -0.2) is 13.6 Å². The molecule has 0 radical (unpaired) electrons. The molecular weight excluding hydrogens is 282 g/mol. The van der Waals surface area contributed by atoms with Crippen molar-refractivity contribution in [2.24, 2.45) is 5.14 Å². The van der Waals surface area contributed by atoms with Crippen molar-refractivity contribution in [3.63, 3.8) is 0 Å². The fraction of sp³-hybridized carbons (Fsp3) is 0. The number of nitrogens with zero attached hydrogens (tertiary/aromatic N) is 4. The average Bonchev–Trinajstić information content (AvgIpc) is 2.68. The lowest BCUT2D eigenvalue weighted by atomic mass is 10.3. The maximum absolute atomic E-state index is 11.3. The summed E-state index contributed by atoms with van der Waals surface area (Å²) < 4.78 is 23.8. The Kier molecular flexibility index (Phi) is 3.86. The molecule has 0 fully saturated rings. The van der Waals surface area contributed by atoms with E-state index in [-0.39, 0.29) is 27.4 Å². The minimum atomic E-state index is -3.93. The summed E-state index contributed by atoms with van der Waals surface area (Å²) in [5, 5.41) is 15.4. The van der Waals surface area contributed by atoms with Crippen molar-refractivity contribution >= 4 is 27.3 Å². The van der Waals surface area contributed by atoms with Gasteiger partial charge in [0, 0.05) is 0 Å². The predicted octanol–water partition coefficient (Wildman–Crippen LogP) is -0.293. The first-order valence-corrected chi connectivity index (χ1v) is 6.17. The Labute approximate surface area is 107 Å². The van der Waals surface area contributed by atoms with Gasteiger partial charge in [0.25, 0.3) is 0 Å². The molecule has 0 aliphatic rings. The Balaban J connectivity index is 0.00000162. The van der Waals surface area contributed by atoms with Crippen molar-refractivity contribution in [1.82, 2.24) is 26.4 Å². The van der Waals surface area contributed by atoms with Crippen LogP contribution in [0.25, 0.3) is 5.69 Å². The number of tetrazole rings is 1. The molecule has 18 heavy (non-hydrogen) atoms. The Morgan fingerprint density at radius 3 is 2.50 bits per heavy atom. The van der Waals surface area contributed by atoms with E-state index in [0.29, 0.717) is 0 Å². The minimum absolute atomic E-state index is 0. The zero-order chi connectivity index (χ0) is 12.6. The quantitative estimate of drug-likeness (QED) is 0.639. The van der Waals surface area contributed by atoms with Crippen molar-refractivity contribution in [1.29, 1.82) is 0 Å². The number of primary sulfonamides is 1. The normalized spacial score (nSPS) is 11.0. The van der Waals surface area contributed by atoms with Gasteiger partial charge in [0.2, 0.25) is 10.0 Å². The number of nitrogens with two attached hydrogens (primary N) is 2. The van der Waals surface area contributed by atoms with E-state index in [0.717, 1.165) is 0 Å². The van der Waals surface area contributed by atoms with E-state index in [1.807, 2.05) is 0 Å². The fourth-order valence-corrected chi connectivity index (χ4v) is 2.35. The van der Waals surface area contributed by atoms with Crippen LogP contribution in [0.5, 0.6) is 0 Å². The molecule has 0 atom stereocenters. The molecule has 7 N–H and O–H groups in total. The number of hydrogen-bond donors (Lipinski definition) is 3. The van der Waals surface area contributed by atoms with Crippen molar-refractivity contribution < 1.29 is 8.42 Å². The first kappa shape index (κ1) is 14.3. The van der Waals surface area contributed by atoms with E-state index < -0.39 is 10.0 Å². The SMILES string of the molecule is N.Nc1cc(Cl)c(S(N)(=O)=O)cc1-n1cnnn1. The van der Waals surface area contributed by atoms with Gasteiger partial charge in [-0.3, -0.25) is 0 Å². The molecule has 11 heteroatoms. The van der Waals surface area contributed by atoms with Gasteiger partial charge in [-0.05, 0) is 22.6 Å². The second-order valence-corrected chi connectivity index (χ2v) is 5.08. The highest BCUT2D eigenvalue weighted by atomic mass is 35.5. The third-order valence-electron chi connectivity index (χ3n) is 1.98. The molecule has 1 aromatic heterocycles. The third kappa shape index (κ3) is 2.56. The Morgan fingerprint density at radius 2 is 2.00 bits per heavy atom. The summed E-state index contributed by atoms with van der Waals surface area (Å²) in [5.74, 6) is 0. The number of anilines is 1. The molecular formula is C7H10ClN7O2S. The zero-order valence-corrected chi connectivity index (χ0v) is 10.6. The predicted molar refractivity (Wildman–Crippen MR) is 65.0 cm³/mol. The summed E-state index contributed by atoms with van der Waals surface area (Å²) in [6, 6.07) is 2.49. The second-order valence-electron chi connectivity index (χ2n) is 3.14. The molecule has 9 nitrogen and oxygen atoms in total. The lowest BCUT2D eigenvalue weighted by Crippen LogP contribution is -2.14. The summed E-state index contributed by atoms with van der Waals surface area (Å²) in [6.07, 6.45) is 1.27. The molecule has 0 saturated carbocycles. The molecule has 0 amide bonds. The molecule has 0 spiro atoms. The van der Waals surface area contributed by atoms with Crippen LogP contribution in [0, 0.1) is 0 Å². The number of aromatic nitrogens is 4. The maximum atomic E-state index is 11.3. The molecule has 0 unspecified atom stereocenters. The number of halogens is 1. The van der Waals surface area contributed by atoms with Gasteiger partial charge in [0.1, 0.15) is 11.2 Å². The zero-order valence-electron chi connectivity index (χ0n) is 8.99. The Hall–Kier alpha value is -1.75. The first-order chi connectivity index (χ1) is 7.89. The highest BCUT2D eigenvalue weighted by Crippen LogP contribution is 2.28. The van der Waals surface area contributed by atoms with Crippen molar-refractivity contribution in [3.05, 3.63) is 23.5 Å². The first-order valence-electron chi connectivity index (χ1n) is 4.25. The Bertz CT molecular complexity index is 655. The highest BCUT2D eigenvalue weighted by molar-refractivity contribution is 7.89. The molecule has 98 valence electrons.